The number of rotatable bonds is 4. The topological polar surface area (TPSA) is 71.3 Å². The molecule has 132 valence electrons. The van der Waals surface area contributed by atoms with Crippen molar-refractivity contribution in [1.82, 2.24) is 10.9 Å². The summed E-state index contributed by atoms with van der Waals surface area (Å²) in [5.74, 6) is -0.950. The number of hydrogen-bond donors (Lipinski definition) is 2. The van der Waals surface area contributed by atoms with Crippen LogP contribution in [-0.2, 0) is 11.2 Å². The van der Waals surface area contributed by atoms with Crippen molar-refractivity contribution in [2.45, 2.75) is 6.42 Å². The molecule has 0 atom stereocenters. The molecule has 2 N–H and O–H groups in total. The minimum Gasteiger partial charge on any atom is -0.451 e. The second-order valence-corrected chi connectivity index (χ2v) is 5.86. The predicted octanol–water partition coefficient (Wildman–Crippen LogP) is 3.74. The van der Waals surface area contributed by atoms with Gasteiger partial charge in [-0.2, -0.15) is 0 Å². The number of halogens is 2. The normalized spacial score (nSPS) is 10.4. The van der Waals surface area contributed by atoms with Crippen molar-refractivity contribution in [3.8, 4) is 11.3 Å². The van der Waals surface area contributed by atoms with E-state index in [0.29, 0.717) is 21.9 Å². The maximum absolute atomic E-state index is 12.8. The highest BCUT2D eigenvalue weighted by atomic mass is 35.5. The van der Waals surface area contributed by atoms with E-state index in [1.54, 1.807) is 30.3 Å². The van der Waals surface area contributed by atoms with Gasteiger partial charge in [-0.1, -0.05) is 35.9 Å². The molecule has 0 unspecified atom stereocenters. The zero-order valence-electron chi connectivity index (χ0n) is 13.5. The summed E-state index contributed by atoms with van der Waals surface area (Å²) in [6.07, 6.45) is 0.00356. The molecule has 0 aliphatic heterocycles. The number of nitrogens with one attached hydrogen (secondary N) is 2. The monoisotopic (exact) mass is 372 g/mol. The first-order valence-corrected chi connectivity index (χ1v) is 8.09. The molecule has 3 aromatic rings. The number of benzene rings is 2. The van der Waals surface area contributed by atoms with Gasteiger partial charge in [-0.25, -0.2) is 4.39 Å². The number of hydrogen-bond acceptors (Lipinski definition) is 3. The van der Waals surface area contributed by atoms with Crippen LogP contribution in [0.2, 0.25) is 5.02 Å². The van der Waals surface area contributed by atoms with Gasteiger partial charge < -0.3 is 4.42 Å². The van der Waals surface area contributed by atoms with Crippen molar-refractivity contribution in [2.75, 3.05) is 0 Å². The van der Waals surface area contributed by atoms with Crippen molar-refractivity contribution in [1.29, 1.82) is 0 Å². The molecule has 2 amide bonds. The van der Waals surface area contributed by atoms with Gasteiger partial charge in [0.15, 0.2) is 5.76 Å². The Hall–Kier alpha value is -3.12. The van der Waals surface area contributed by atoms with Crippen LogP contribution >= 0.6 is 11.6 Å². The second-order valence-electron chi connectivity index (χ2n) is 5.45. The van der Waals surface area contributed by atoms with E-state index in [9.17, 15) is 14.0 Å². The molecule has 0 saturated heterocycles. The third-order valence-corrected chi connectivity index (χ3v) is 3.89. The summed E-state index contributed by atoms with van der Waals surface area (Å²) in [5, 5.41) is 0.501. The van der Waals surface area contributed by atoms with Crippen molar-refractivity contribution in [3.63, 3.8) is 0 Å². The van der Waals surface area contributed by atoms with Crippen molar-refractivity contribution >= 4 is 23.4 Å². The number of carbonyl (C=O) groups is 2. The van der Waals surface area contributed by atoms with E-state index in [2.05, 4.69) is 10.9 Å². The molecule has 0 fully saturated rings. The second kappa shape index (κ2) is 7.84. The number of carbonyl (C=O) groups excluding carboxylic acids is 2. The average molecular weight is 373 g/mol. The molecule has 3 rings (SSSR count). The summed E-state index contributed by atoms with van der Waals surface area (Å²) >= 11 is 6.10. The van der Waals surface area contributed by atoms with E-state index < -0.39 is 11.8 Å². The van der Waals surface area contributed by atoms with E-state index in [-0.39, 0.29) is 18.0 Å². The van der Waals surface area contributed by atoms with Crippen LogP contribution in [0.3, 0.4) is 0 Å². The lowest BCUT2D eigenvalue weighted by atomic mass is 10.1. The summed E-state index contributed by atoms with van der Waals surface area (Å²) < 4.78 is 18.3. The van der Waals surface area contributed by atoms with E-state index >= 15 is 0 Å². The highest BCUT2D eigenvalue weighted by Crippen LogP contribution is 2.28. The Morgan fingerprint density at radius 3 is 2.42 bits per heavy atom. The molecule has 0 saturated carbocycles. The molecule has 0 radical (unpaired) electrons. The first-order valence-electron chi connectivity index (χ1n) is 7.71. The predicted molar refractivity (Wildman–Crippen MR) is 94.9 cm³/mol. The molecular weight excluding hydrogens is 359 g/mol. The van der Waals surface area contributed by atoms with Gasteiger partial charge in [-0.15, -0.1) is 0 Å². The van der Waals surface area contributed by atoms with Gasteiger partial charge in [-0.3, -0.25) is 20.4 Å². The Labute approximate surface area is 153 Å². The van der Waals surface area contributed by atoms with Crippen LogP contribution in [0.1, 0.15) is 16.1 Å². The van der Waals surface area contributed by atoms with Crippen LogP contribution in [0.5, 0.6) is 0 Å². The average Bonchev–Trinajstić information content (AvgIpc) is 3.12. The number of furan rings is 1. The Balaban J connectivity index is 1.58. The SMILES string of the molecule is O=C(Cc1ccc(F)cc1)NNC(=O)c1ccc(-c2ccccc2Cl)o1. The van der Waals surface area contributed by atoms with Crippen LogP contribution < -0.4 is 10.9 Å². The Morgan fingerprint density at radius 1 is 0.962 bits per heavy atom. The van der Waals surface area contributed by atoms with Gasteiger partial charge in [0.05, 0.1) is 11.4 Å². The first kappa shape index (κ1) is 17.7. The van der Waals surface area contributed by atoms with Crippen LogP contribution in [0.15, 0.2) is 65.1 Å². The van der Waals surface area contributed by atoms with Gasteiger partial charge in [-0.05, 0) is 42.0 Å². The van der Waals surface area contributed by atoms with Crippen LogP contribution in [0.4, 0.5) is 4.39 Å². The molecule has 1 aromatic heterocycles. The summed E-state index contributed by atoms with van der Waals surface area (Å²) in [6.45, 7) is 0. The number of amides is 2. The zero-order valence-corrected chi connectivity index (χ0v) is 14.2. The Morgan fingerprint density at radius 2 is 1.69 bits per heavy atom. The minimum atomic E-state index is -0.601. The fourth-order valence-corrected chi connectivity index (χ4v) is 2.51. The molecule has 0 bridgehead atoms. The van der Waals surface area contributed by atoms with E-state index in [0.717, 1.165) is 0 Å². The van der Waals surface area contributed by atoms with Gasteiger partial charge in [0.2, 0.25) is 5.91 Å². The summed E-state index contributed by atoms with van der Waals surface area (Å²) in [7, 11) is 0. The fraction of sp³-hybridized carbons (Fsp3) is 0.0526. The third-order valence-electron chi connectivity index (χ3n) is 3.56. The van der Waals surface area contributed by atoms with E-state index in [4.69, 9.17) is 16.0 Å². The Bertz CT molecular complexity index is 938. The Kier molecular flexibility index (Phi) is 5.34. The van der Waals surface area contributed by atoms with E-state index in [1.807, 2.05) is 0 Å². The van der Waals surface area contributed by atoms with Crippen molar-refractivity contribution in [2.24, 2.45) is 0 Å². The molecule has 26 heavy (non-hydrogen) atoms. The lowest BCUT2D eigenvalue weighted by Gasteiger charge is -2.06. The van der Waals surface area contributed by atoms with Crippen LogP contribution in [-0.4, -0.2) is 11.8 Å². The summed E-state index contributed by atoms with van der Waals surface area (Å²) in [4.78, 5) is 23.9. The lowest BCUT2D eigenvalue weighted by molar-refractivity contribution is -0.121. The fourth-order valence-electron chi connectivity index (χ4n) is 2.29. The van der Waals surface area contributed by atoms with Crippen LogP contribution in [0.25, 0.3) is 11.3 Å². The maximum atomic E-state index is 12.8. The molecule has 0 aliphatic rings. The molecule has 0 aliphatic carbocycles. The maximum Gasteiger partial charge on any atom is 0.305 e. The molecule has 7 heteroatoms. The smallest absolute Gasteiger partial charge is 0.305 e. The molecule has 2 aromatic carbocycles. The summed E-state index contributed by atoms with van der Waals surface area (Å²) in [6, 6.07) is 15.7. The highest BCUT2D eigenvalue weighted by molar-refractivity contribution is 6.33. The standard InChI is InChI=1S/C19H14ClFN2O3/c20-15-4-2-1-3-14(15)16-9-10-17(26-16)19(25)23-22-18(24)11-12-5-7-13(21)8-6-12/h1-10H,11H2,(H,22,24)(H,23,25). The van der Waals surface area contributed by atoms with Crippen LogP contribution in [0, 0.1) is 5.82 Å². The van der Waals surface area contributed by atoms with E-state index in [1.165, 1.54) is 30.3 Å². The molecule has 0 spiro atoms. The first-order chi connectivity index (χ1) is 12.5. The van der Waals surface area contributed by atoms with Gasteiger partial charge in [0.1, 0.15) is 11.6 Å². The molecule has 5 nitrogen and oxygen atoms in total. The van der Waals surface area contributed by atoms with Gasteiger partial charge in [0, 0.05) is 5.56 Å². The highest BCUT2D eigenvalue weighted by Gasteiger charge is 2.14. The number of hydrazine groups is 1. The van der Waals surface area contributed by atoms with Gasteiger partial charge >= 0.3 is 5.91 Å². The third kappa shape index (κ3) is 4.29. The summed E-state index contributed by atoms with van der Waals surface area (Å²) in [5.41, 5.74) is 5.84. The van der Waals surface area contributed by atoms with Gasteiger partial charge in [0.25, 0.3) is 0 Å². The lowest BCUT2D eigenvalue weighted by Crippen LogP contribution is -2.42. The zero-order chi connectivity index (χ0) is 18.5. The minimum absolute atomic E-state index is 0.00356. The van der Waals surface area contributed by atoms with Crippen molar-refractivity contribution in [3.05, 3.63) is 82.8 Å². The molecule has 1 heterocycles. The largest absolute Gasteiger partial charge is 0.451 e. The quantitative estimate of drug-likeness (QED) is 0.685. The van der Waals surface area contributed by atoms with Crippen molar-refractivity contribution < 1.29 is 18.4 Å². The molecular formula is C19H14ClFN2O3.